The van der Waals surface area contributed by atoms with Crippen LogP contribution in [-0.4, -0.2) is 10.2 Å². The second kappa shape index (κ2) is 4.24. The van der Waals surface area contributed by atoms with Crippen LogP contribution in [0, 0.1) is 0 Å². The average molecular weight is 255 g/mol. The number of rotatable bonds is 1. The Bertz CT molecular complexity index is 449. The summed E-state index contributed by atoms with van der Waals surface area (Å²) < 4.78 is 0. The van der Waals surface area contributed by atoms with Crippen LogP contribution in [0.2, 0.25) is 10.0 Å². The lowest BCUT2D eigenvalue weighted by Gasteiger charge is -2.10. The summed E-state index contributed by atoms with van der Waals surface area (Å²) in [5.41, 5.74) is 0.680. The van der Waals surface area contributed by atoms with Crippen LogP contribution in [0.5, 0.6) is 11.5 Å². The summed E-state index contributed by atoms with van der Waals surface area (Å²) in [5, 5.41) is 20.2. The Morgan fingerprint density at radius 3 is 1.62 bits per heavy atom. The molecule has 2 nitrogen and oxygen atoms in total. The Kier molecular flexibility index (Phi) is 2.95. The lowest BCUT2D eigenvalue weighted by molar-refractivity contribution is 0.454. The van der Waals surface area contributed by atoms with Gasteiger partial charge in [0.1, 0.15) is 11.5 Å². The predicted octanol–water partition coefficient (Wildman–Crippen LogP) is 4.07. The van der Waals surface area contributed by atoms with Crippen molar-refractivity contribution in [1.82, 2.24) is 0 Å². The van der Waals surface area contributed by atoms with Crippen molar-refractivity contribution in [3.05, 3.63) is 46.4 Å². The van der Waals surface area contributed by atoms with Crippen molar-refractivity contribution in [3.8, 4) is 22.6 Å². The van der Waals surface area contributed by atoms with E-state index in [0.717, 1.165) is 0 Å². The molecule has 0 bridgehead atoms. The first kappa shape index (κ1) is 11.1. The van der Waals surface area contributed by atoms with E-state index in [1.165, 1.54) is 12.1 Å². The van der Waals surface area contributed by atoms with E-state index in [1.807, 2.05) is 0 Å². The second-order valence-corrected chi connectivity index (χ2v) is 4.08. The van der Waals surface area contributed by atoms with E-state index in [0.29, 0.717) is 15.6 Å². The highest BCUT2D eigenvalue weighted by Crippen LogP contribution is 2.43. The summed E-state index contributed by atoms with van der Waals surface area (Å²) in [6.07, 6.45) is 0. The highest BCUT2D eigenvalue weighted by molar-refractivity contribution is 6.39. The van der Waals surface area contributed by atoms with Crippen molar-refractivity contribution in [2.24, 2.45) is 0 Å². The number of phenols is 2. The van der Waals surface area contributed by atoms with Crippen molar-refractivity contribution >= 4 is 23.2 Å². The molecule has 2 rings (SSSR count). The molecule has 82 valence electrons. The van der Waals surface area contributed by atoms with Crippen molar-refractivity contribution in [1.29, 1.82) is 0 Å². The van der Waals surface area contributed by atoms with Gasteiger partial charge in [0, 0.05) is 5.56 Å². The van der Waals surface area contributed by atoms with E-state index < -0.39 is 0 Å². The SMILES string of the molecule is Oc1cccc(O)c1-c1c(Cl)cccc1Cl. The standard InChI is InChI=1S/C12H8Cl2O2/c13-7-3-1-4-8(14)11(7)12-9(15)5-2-6-10(12)16/h1-6,15-16H. The van der Waals surface area contributed by atoms with Crippen LogP contribution in [0.3, 0.4) is 0 Å². The van der Waals surface area contributed by atoms with E-state index in [9.17, 15) is 10.2 Å². The van der Waals surface area contributed by atoms with Gasteiger partial charge < -0.3 is 10.2 Å². The Labute approximate surface area is 103 Å². The summed E-state index contributed by atoms with van der Waals surface area (Å²) in [5.74, 6) is -0.120. The minimum absolute atomic E-state index is 0.0602. The Morgan fingerprint density at radius 1 is 0.688 bits per heavy atom. The number of aromatic hydroxyl groups is 2. The molecule has 0 saturated carbocycles. The van der Waals surface area contributed by atoms with Crippen molar-refractivity contribution in [2.75, 3.05) is 0 Å². The fraction of sp³-hybridized carbons (Fsp3) is 0. The van der Waals surface area contributed by atoms with Gasteiger partial charge in [0.05, 0.1) is 15.6 Å². The summed E-state index contributed by atoms with van der Waals surface area (Å²) >= 11 is 12.0. The zero-order valence-corrected chi connectivity index (χ0v) is 9.63. The van der Waals surface area contributed by atoms with E-state index >= 15 is 0 Å². The topological polar surface area (TPSA) is 40.5 Å². The average Bonchev–Trinajstić information content (AvgIpc) is 2.21. The normalized spacial score (nSPS) is 10.4. The molecule has 0 aliphatic carbocycles. The number of halogens is 2. The maximum absolute atomic E-state index is 9.72. The zero-order valence-electron chi connectivity index (χ0n) is 8.11. The number of benzene rings is 2. The predicted molar refractivity (Wildman–Crippen MR) is 65.2 cm³/mol. The lowest BCUT2D eigenvalue weighted by atomic mass is 10.0. The molecule has 2 aromatic rings. The van der Waals surface area contributed by atoms with Gasteiger partial charge >= 0.3 is 0 Å². The molecule has 0 atom stereocenters. The molecule has 0 heterocycles. The van der Waals surface area contributed by atoms with Crippen LogP contribution in [0.4, 0.5) is 0 Å². The first-order valence-electron chi connectivity index (χ1n) is 4.56. The third-order valence-corrected chi connectivity index (χ3v) is 2.86. The first-order valence-corrected chi connectivity index (χ1v) is 5.32. The molecular formula is C12H8Cl2O2. The monoisotopic (exact) mass is 254 g/mol. The molecule has 4 heteroatoms. The zero-order chi connectivity index (χ0) is 11.7. The largest absolute Gasteiger partial charge is 0.507 e. The van der Waals surface area contributed by atoms with Crippen LogP contribution in [-0.2, 0) is 0 Å². The van der Waals surface area contributed by atoms with Gasteiger partial charge in [-0.05, 0) is 24.3 Å². The molecule has 0 amide bonds. The third kappa shape index (κ3) is 1.82. The Morgan fingerprint density at radius 2 is 1.12 bits per heavy atom. The fourth-order valence-corrected chi connectivity index (χ4v) is 2.11. The van der Waals surface area contributed by atoms with Crippen LogP contribution in [0.1, 0.15) is 0 Å². The third-order valence-electron chi connectivity index (χ3n) is 2.23. The lowest BCUT2D eigenvalue weighted by Crippen LogP contribution is -1.83. The molecule has 0 aliphatic heterocycles. The highest BCUT2D eigenvalue weighted by atomic mass is 35.5. The van der Waals surface area contributed by atoms with Gasteiger partial charge in [-0.15, -0.1) is 0 Å². The van der Waals surface area contributed by atoms with Gasteiger partial charge in [-0.25, -0.2) is 0 Å². The molecule has 0 radical (unpaired) electrons. The van der Waals surface area contributed by atoms with Gasteiger partial charge in [0.2, 0.25) is 0 Å². The van der Waals surface area contributed by atoms with Crippen molar-refractivity contribution in [3.63, 3.8) is 0 Å². The summed E-state index contributed by atoms with van der Waals surface area (Å²) in [6.45, 7) is 0. The Balaban J connectivity index is 2.77. The van der Waals surface area contributed by atoms with E-state index in [-0.39, 0.29) is 17.1 Å². The van der Waals surface area contributed by atoms with Crippen LogP contribution < -0.4 is 0 Å². The van der Waals surface area contributed by atoms with E-state index in [4.69, 9.17) is 23.2 Å². The minimum Gasteiger partial charge on any atom is -0.507 e. The number of hydrogen-bond donors (Lipinski definition) is 2. The van der Waals surface area contributed by atoms with Crippen LogP contribution in [0.15, 0.2) is 36.4 Å². The van der Waals surface area contributed by atoms with Crippen molar-refractivity contribution < 1.29 is 10.2 Å². The molecular weight excluding hydrogens is 247 g/mol. The van der Waals surface area contributed by atoms with Gasteiger partial charge in [0.25, 0.3) is 0 Å². The number of hydrogen-bond acceptors (Lipinski definition) is 2. The van der Waals surface area contributed by atoms with Gasteiger partial charge in [-0.2, -0.15) is 0 Å². The molecule has 0 aliphatic rings. The molecule has 2 aromatic carbocycles. The summed E-state index contributed by atoms with van der Waals surface area (Å²) in [7, 11) is 0. The Hall–Kier alpha value is -1.38. The molecule has 0 spiro atoms. The molecule has 0 fully saturated rings. The van der Waals surface area contributed by atoms with Gasteiger partial charge in [-0.1, -0.05) is 35.3 Å². The summed E-state index contributed by atoms with van der Waals surface area (Å²) in [4.78, 5) is 0. The van der Waals surface area contributed by atoms with Crippen LogP contribution >= 0.6 is 23.2 Å². The number of phenolic OH excluding ortho intramolecular Hbond substituents is 2. The van der Waals surface area contributed by atoms with Crippen molar-refractivity contribution in [2.45, 2.75) is 0 Å². The quantitative estimate of drug-likeness (QED) is 0.806. The maximum Gasteiger partial charge on any atom is 0.127 e. The molecule has 2 N–H and O–H groups in total. The molecule has 0 saturated heterocycles. The molecule has 0 aromatic heterocycles. The van der Waals surface area contributed by atoms with Gasteiger partial charge in [-0.3, -0.25) is 0 Å². The minimum atomic E-state index is -0.0602. The highest BCUT2D eigenvalue weighted by Gasteiger charge is 2.15. The first-order chi connectivity index (χ1) is 7.61. The smallest absolute Gasteiger partial charge is 0.127 e. The maximum atomic E-state index is 9.72. The molecule has 0 unspecified atom stereocenters. The van der Waals surface area contributed by atoms with Gasteiger partial charge in [0.15, 0.2) is 0 Å². The van der Waals surface area contributed by atoms with E-state index in [2.05, 4.69) is 0 Å². The summed E-state index contributed by atoms with van der Waals surface area (Å²) in [6, 6.07) is 9.47. The second-order valence-electron chi connectivity index (χ2n) is 3.27. The van der Waals surface area contributed by atoms with E-state index in [1.54, 1.807) is 24.3 Å². The van der Waals surface area contributed by atoms with Crippen LogP contribution in [0.25, 0.3) is 11.1 Å². The molecule has 16 heavy (non-hydrogen) atoms. The fourth-order valence-electron chi connectivity index (χ4n) is 1.52.